The van der Waals surface area contributed by atoms with Crippen LogP contribution >= 0.6 is 0 Å². The van der Waals surface area contributed by atoms with Crippen LogP contribution in [-0.4, -0.2) is 51.9 Å². The summed E-state index contributed by atoms with van der Waals surface area (Å²) in [5.41, 5.74) is 0.0290. The van der Waals surface area contributed by atoms with Crippen molar-refractivity contribution in [2.75, 3.05) is 0 Å². The molecule has 0 aliphatic heterocycles. The first kappa shape index (κ1) is 28.9. The van der Waals surface area contributed by atoms with E-state index in [0.29, 0.717) is 5.56 Å². The van der Waals surface area contributed by atoms with Gasteiger partial charge in [0.05, 0.1) is 11.7 Å². The standard InChI is InChI=1S/C28H38N2O6/c1-27(2,3)35-25(33)29-21(17-19-13-9-7-10-14-19)23(31)24(32)22(18-20-15-11-8-12-16-20)30-26(34)36-28(4,5)6/h7-17,22-24,31-32H,18H2,1-6H3,(H,29,33)(H,30,34)/b21-17+/t22-,23-,24+/m0/s1. The number of carbonyl (C=O) groups is 2. The second kappa shape index (κ2) is 12.6. The Kier molecular flexibility index (Phi) is 10.1. The molecule has 3 atom stereocenters. The first-order chi connectivity index (χ1) is 16.7. The Morgan fingerprint density at radius 1 is 0.833 bits per heavy atom. The van der Waals surface area contributed by atoms with Crippen molar-refractivity contribution in [2.24, 2.45) is 0 Å². The molecule has 196 valence electrons. The van der Waals surface area contributed by atoms with Crippen molar-refractivity contribution in [1.29, 1.82) is 0 Å². The summed E-state index contributed by atoms with van der Waals surface area (Å²) in [6.45, 7) is 10.4. The number of hydrogen-bond acceptors (Lipinski definition) is 6. The van der Waals surface area contributed by atoms with E-state index in [-0.39, 0.29) is 12.1 Å². The van der Waals surface area contributed by atoms with Crippen molar-refractivity contribution in [2.45, 2.75) is 77.4 Å². The van der Waals surface area contributed by atoms with E-state index in [1.807, 2.05) is 48.5 Å². The molecular formula is C28H38N2O6. The van der Waals surface area contributed by atoms with Gasteiger partial charge in [0.15, 0.2) is 0 Å². The SMILES string of the molecule is CC(C)(C)OC(=O)N/C(=C/c1ccccc1)[C@H](O)[C@H](O)[C@H](Cc1ccccc1)NC(=O)OC(C)(C)C. The number of aliphatic hydroxyl groups excluding tert-OH is 2. The maximum atomic E-state index is 12.6. The van der Waals surface area contributed by atoms with Crippen molar-refractivity contribution >= 4 is 18.3 Å². The van der Waals surface area contributed by atoms with Gasteiger partial charge in [0.25, 0.3) is 0 Å². The highest BCUT2D eigenvalue weighted by Gasteiger charge is 2.33. The Hall–Kier alpha value is -3.36. The molecule has 2 aromatic carbocycles. The van der Waals surface area contributed by atoms with Gasteiger partial charge in [-0.15, -0.1) is 0 Å². The molecule has 0 aliphatic carbocycles. The Bertz CT molecular complexity index is 1010. The molecule has 36 heavy (non-hydrogen) atoms. The van der Waals surface area contributed by atoms with E-state index < -0.39 is 41.6 Å². The molecule has 0 spiro atoms. The Labute approximate surface area is 213 Å². The summed E-state index contributed by atoms with van der Waals surface area (Å²) in [5, 5.41) is 27.7. The van der Waals surface area contributed by atoms with Gasteiger partial charge >= 0.3 is 12.2 Å². The molecule has 2 rings (SSSR count). The van der Waals surface area contributed by atoms with Gasteiger partial charge < -0.3 is 25.0 Å². The highest BCUT2D eigenvalue weighted by atomic mass is 16.6. The van der Waals surface area contributed by atoms with Crippen molar-refractivity contribution < 1.29 is 29.3 Å². The Morgan fingerprint density at radius 2 is 1.33 bits per heavy atom. The van der Waals surface area contributed by atoms with Gasteiger partial charge in [0.2, 0.25) is 0 Å². The summed E-state index contributed by atoms with van der Waals surface area (Å²) in [6.07, 6.45) is -2.82. The monoisotopic (exact) mass is 498 g/mol. The lowest BCUT2D eigenvalue weighted by molar-refractivity contribution is 0.00296. The van der Waals surface area contributed by atoms with Crippen LogP contribution in [0.2, 0.25) is 0 Å². The van der Waals surface area contributed by atoms with E-state index in [1.54, 1.807) is 59.8 Å². The maximum absolute atomic E-state index is 12.6. The minimum absolute atomic E-state index is 0.0204. The first-order valence-electron chi connectivity index (χ1n) is 11.9. The van der Waals surface area contributed by atoms with Gasteiger partial charge in [-0.05, 0) is 65.2 Å². The minimum atomic E-state index is -1.57. The van der Waals surface area contributed by atoms with Gasteiger partial charge in [-0.25, -0.2) is 9.59 Å². The molecular weight excluding hydrogens is 460 g/mol. The molecule has 0 fully saturated rings. The van der Waals surface area contributed by atoms with Crippen LogP contribution in [0, 0.1) is 0 Å². The molecule has 8 heteroatoms. The summed E-state index contributed by atoms with van der Waals surface area (Å²) in [6, 6.07) is 17.3. The predicted molar refractivity (Wildman–Crippen MR) is 139 cm³/mol. The summed E-state index contributed by atoms with van der Waals surface area (Å²) < 4.78 is 10.7. The average molecular weight is 499 g/mol. The van der Waals surface area contributed by atoms with E-state index in [1.165, 1.54) is 0 Å². The van der Waals surface area contributed by atoms with Crippen LogP contribution in [0.4, 0.5) is 9.59 Å². The number of ether oxygens (including phenoxy) is 2. The lowest BCUT2D eigenvalue weighted by atomic mass is 9.95. The van der Waals surface area contributed by atoms with Gasteiger partial charge in [0.1, 0.15) is 23.4 Å². The third-order valence-electron chi connectivity index (χ3n) is 4.82. The molecule has 0 radical (unpaired) electrons. The summed E-state index contributed by atoms with van der Waals surface area (Å²) in [7, 11) is 0. The van der Waals surface area contributed by atoms with Crippen LogP contribution in [0.5, 0.6) is 0 Å². The van der Waals surface area contributed by atoms with Gasteiger partial charge in [-0.2, -0.15) is 0 Å². The second-order valence-electron chi connectivity index (χ2n) is 10.5. The number of nitrogens with one attached hydrogen (secondary N) is 2. The molecule has 2 amide bonds. The topological polar surface area (TPSA) is 117 Å². The number of hydrogen-bond donors (Lipinski definition) is 4. The number of amides is 2. The largest absolute Gasteiger partial charge is 0.444 e. The summed E-state index contributed by atoms with van der Waals surface area (Å²) in [4.78, 5) is 25.1. The van der Waals surface area contributed by atoms with Gasteiger partial charge in [-0.3, -0.25) is 5.32 Å². The number of carbonyl (C=O) groups excluding carboxylic acids is 2. The maximum Gasteiger partial charge on any atom is 0.411 e. The van der Waals surface area contributed by atoms with Gasteiger partial charge in [0, 0.05) is 0 Å². The molecule has 0 saturated heterocycles. The lowest BCUT2D eigenvalue weighted by Gasteiger charge is -2.31. The van der Waals surface area contributed by atoms with Crippen molar-refractivity contribution in [3.05, 3.63) is 77.5 Å². The normalized spacial score (nSPS) is 14.8. The number of rotatable bonds is 8. The summed E-state index contributed by atoms with van der Waals surface area (Å²) in [5.74, 6) is 0. The van der Waals surface area contributed by atoms with E-state index in [4.69, 9.17) is 9.47 Å². The van der Waals surface area contributed by atoms with Crippen molar-refractivity contribution in [1.82, 2.24) is 10.6 Å². The first-order valence-corrected chi connectivity index (χ1v) is 11.9. The highest BCUT2D eigenvalue weighted by molar-refractivity contribution is 5.73. The average Bonchev–Trinajstić information content (AvgIpc) is 2.76. The molecule has 0 saturated carbocycles. The summed E-state index contributed by atoms with van der Waals surface area (Å²) >= 11 is 0. The van der Waals surface area contributed by atoms with Crippen LogP contribution in [0.15, 0.2) is 66.4 Å². The molecule has 2 aromatic rings. The van der Waals surface area contributed by atoms with E-state index >= 15 is 0 Å². The van der Waals surface area contributed by atoms with Crippen LogP contribution in [0.1, 0.15) is 52.7 Å². The van der Waals surface area contributed by atoms with Crippen LogP contribution in [0.3, 0.4) is 0 Å². The molecule has 0 aromatic heterocycles. The fourth-order valence-electron chi connectivity index (χ4n) is 3.33. The number of aliphatic hydroxyl groups is 2. The van der Waals surface area contributed by atoms with E-state index in [2.05, 4.69) is 10.6 Å². The van der Waals surface area contributed by atoms with Crippen LogP contribution in [0.25, 0.3) is 6.08 Å². The second-order valence-corrected chi connectivity index (χ2v) is 10.5. The zero-order chi connectivity index (χ0) is 26.9. The predicted octanol–water partition coefficient (Wildman–Crippen LogP) is 4.41. The Morgan fingerprint density at radius 3 is 1.86 bits per heavy atom. The molecule has 0 aliphatic rings. The quantitative estimate of drug-likeness (QED) is 0.428. The number of alkyl carbamates (subject to hydrolysis) is 2. The third kappa shape index (κ3) is 10.5. The fraction of sp³-hybridized carbons (Fsp3) is 0.429. The van der Waals surface area contributed by atoms with E-state index in [9.17, 15) is 19.8 Å². The smallest absolute Gasteiger partial charge is 0.411 e. The molecule has 0 heterocycles. The lowest BCUT2D eigenvalue weighted by Crippen LogP contribution is -2.52. The zero-order valence-electron chi connectivity index (χ0n) is 21.8. The Balaban J connectivity index is 2.35. The molecule has 4 N–H and O–H groups in total. The number of benzene rings is 2. The van der Waals surface area contributed by atoms with Crippen LogP contribution < -0.4 is 10.6 Å². The van der Waals surface area contributed by atoms with Crippen LogP contribution in [-0.2, 0) is 15.9 Å². The van der Waals surface area contributed by atoms with Crippen molar-refractivity contribution in [3.63, 3.8) is 0 Å². The minimum Gasteiger partial charge on any atom is -0.444 e. The molecule has 0 unspecified atom stereocenters. The zero-order valence-corrected chi connectivity index (χ0v) is 21.8. The highest BCUT2D eigenvalue weighted by Crippen LogP contribution is 2.18. The molecule has 0 bridgehead atoms. The molecule has 8 nitrogen and oxygen atoms in total. The van der Waals surface area contributed by atoms with Crippen molar-refractivity contribution in [3.8, 4) is 0 Å². The van der Waals surface area contributed by atoms with Gasteiger partial charge in [-0.1, -0.05) is 60.7 Å². The fourth-order valence-corrected chi connectivity index (χ4v) is 3.33. The third-order valence-corrected chi connectivity index (χ3v) is 4.82. The van der Waals surface area contributed by atoms with E-state index in [0.717, 1.165) is 5.56 Å².